The Kier molecular flexibility index (Phi) is 6.90. The van der Waals surface area contributed by atoms with E-state index in [4.69, 9.17) is 9.72 Å². The number of piperazine rings is 1. The third-order valence-electron chi connectivity index (χ3n) is 6.06. The molecular formula is C24H29N3O4S2. The molecule has 0 aliphatic carbocycles. The molecule has 1 fully saturated rings. The molecule has 7 nitrogen and oxygen atoms in total. The van der Waals surface area contributed by atoms with Crippen molar-refractivity contribution in [2.75, 3.05) is 43.9 Å². The Morgan fingerprint density at radius 1 is 1.03 bits per heavy atom. The van der Waals surface area contributed by atoms with Crippen molar-refractivity contribution < 1.29 is 17.9 Å². The SMILES string of the molecule is COc1ccc(S(=O)(=O)CCCC(=O)N2CCN(c3nc4c(C)ccc(C)c4s3)CC2)cc1. The molecule has 0 atom stereocenters. The summed E-state index contributed by atoms with van der Waals surface area (Å²) < 4.78 is 31.4. The van der Waals surface area contributed by atoms with E-state index in [0.717, 1.165) is 23.7 Å². The van der Waals surface area contributed by atoms with Crippen molar-refractivity contribution in [2.45, 2.75) is 31.6 Å². The number of anilines is 1. The van der Waals surface area contributed by atoms with Crippen LogP contribution in [0.4, 0.5) is 5.13 Å². The lowest BCUT2D eigenvalue weighted by molar-refractivity contribution is -0.131. The molecule has 0 saturated carbocycles. The Hall–Kier alpha value is -2.65. The number of nitrogens with zero attached hydrogens (tertiary/aromatic N) is 3. The van der Waals surface area contributed by atoms with Crippen molar-refractivity contribution in [3.05, 3.63) is 47.5 Å². The average Bonchev–Trinajstić information content (AvgIpc) is 3.28. The Morgan fingerprint density at radius 3 is 2.33 bits per heavy atom. The third-order valence-corrected chi connectivity index (χ3v) is 9.12. The van der Waals surface area contributed by atoms with Crippen LogP contribution in [0.2, 0.25) is 0 Å². The predicted octanol–water partition coefficient (Wildman–Crippen LogP) is 3.82. The van der Waals surface area contributed by atoms with Gasteiger partial charge in [-0.25, -0.2) is 13.4 Å². The minimum atomic E-state index is -3.42. The highest BCUT2D eigenvalue weighted by atomic mass is 32.2. The van der Waals surface area contributed by atoms with E-state index in [2.05, 4.69) is 30.9 Å². The topological polar surface area (TPSA) is 79.8 Å². The summed E-state index contributed by atoms with van der Waals surface area (Å²) in [7, 11) is -1.88. The molecule has 0 unspecified atom stereocenters. The average molecular weight is 488 g/mol. The van der Waals surface area contributed by atoms with Crippen LogP contribution < -0.4 is 9.64 Å². The molecular weight excluding hydrogens is 458 g/mol. The van der Waals surface area contributed by atoms with Gasteiger partial charge in [0, 0.05) is 32.6 Å². The number of amides is 1. The second-order valence-electron chi connectivity index (χ2n) is 8.34. The molecule has 1 saturated heterocycles. The van der Waals surface area contributed by atoms with Gasteiger partial charge in [0.25, 0.3) is 0 Å². The summed E-state index contributed by atoms with van der Waals surface area (Å²) in [5.41, 5.74) is 3.47. The number of benzene rings is 2. The van der Waals surface area contributed by atoms with E-state index in [1.165, 1.54) is 22.9 Å². The third kappa shape index (κ3) is 5.14. The fourth-order valence-corrected chi connectivity index (χ4v) is 6.48. The van der Waals surface area contributed by atoms with Crippen LogP contribution in [0.1, 0.15) is 24.0 Å². The molecule has 0 N–H and O–H groups in total. The monoisotopic (exact) mass is 487 g/mol. The molecule has 2 aromatic carbocycles. The number of rotatable bonds is 7. The van der Waals surface area contributed by atoms with Crippen LogP contribution in [0.5, 0.6) is 5.75 Å². The van der Waals surface area contributed by atoms with E-state index in [9.17, 15) is 13.2 Å². The van der Waals surface area contributed by atoms with Crippen LogP contribution in [-0.2, 0) is 14.6 Å². The lowest BCUT2D eigenvalue weighted by Crippen LogP contribution is -2.48. The molecule has 3 aromatic rings. The predicted molar refractivity (Wildman–Crippen MR) is 132 cm³/mol. The number of aromatic nitrogens is 1. The summed E-state index contributed by atoms with van der Waals surface area (Å²) in [6.07, 6.45) is 0.540. The molecule has 1 amide bonds. The van der Waals surface area contributed by atoms with E-state index < -0.39 is 9.84 Å². The first-order chi connectivity index (χ1) is 15.8. The molecule has 2 heterocycles. The lowest BCUT2D eigenvalue weighted by atomic mass is 10.1. The second-order valence-corrected chi connectivity index (χ2v) is 11.4. The zero-order valence-electron chi connectivity index (χ0n) is 19.2. The van der Waals surface area contributed by atoms with Crippen molar-refractivity contribution in [2.24, 2.45) is 0 Å². The van der Waals surface area contributed by atoms with E-state index in [1.54, 1.807) is 35.6 Å². The van der Waals surface area contributed by atoms with Gasteiger partial charge in [-0.15, -0.1) is 0 Å². The largest absolute Gasteiger partial charge is 0.497 e. The van der Waals surface area contributed by atoms with Crippen LogP contribution in [0.15, 0.2) is 41.3 Å². The van der Waals surface area contributed by atoms with Crippen molar-refractivity contribution in [1.82, 2.24) is 9.88 Å². The fourth-order valence-electron chi connectivity index (χ4n) is 4.00. The van der Waals surface area contributed by atoms with Gasteiger partial charge in [-0.05, 0) is 55.7 Å². The first kappa shape index (κ1) is 23.5. The first-order valence-electron chi connectivity index (χ1n) is 11.0. The van der Waals surface area contributed by atoms with Crippen LogP contribution in [0.25, 0.3) is 10.2 Å². The minimum absolute atomic E-state index is 0.00979. The Balaban J connectivity index is 1.29. The van der Waals surface area contributed by atoms with Gasteiger partial charge in [0.15, 0.2) is 15.0 Å². The number of fused-ring (bicyclic) bond motifs is 1. The number of carbonyl (C=O) groups excluding carboxylic acids is 1. The summed E-state index contributed by atoms with van der Waals surface area (Å²) in [4.78, 5) is 21.8. The highest BCUT2D eigenvalue weighted by molar-refractivity contribution is 7.91. The molecule has 1 aliphatic heterocycles. The molecule has 33 heavy (non-hydrogen) atoms. The maximum Gasteiger partial charge on any atom is 0.222 e. The normalized spacial score (nSPS) is 14.6. The number of hydrogen-bond donors (Lipinski definition) is 0. The van der Waals surface area contributed by atoms with Gasteiger partial charge in [-0.2, -0.15) is 0 Å². The summed E-state index contributed by atoms with van der Waals surface area (Å²) in [6.45, 7) is 6.89. The smallest absolute Gasteiger partial charge is 0.222 e. The maximum absolute atomic E-state index is 12.7. The summed E-state index contributed by atoms with van der Waals surface area (Å²) in [5, 5.41) is 1.00. The Morgan fingerprint density at radius 2 is 1.70 bits per heavy atom. The van der Waals surface area contributed by atoms with Crippen LogP contribution in [0.3, 0.4) is 0 Å². The lowest BCUT2D eigenvalue weighted by Gasteiger charge is -2.34. The molecule has 4 rings (SSSR count). The summed E-state index contributed by atoms with van der Waals surface area (Å²) in [6, 6.07) is 10.6. The number of methoxy groups -OCH3 is 1. The van der Waals surface area contributed by atoms with Crippen molar-refractivity contribution in [3.8, 4) is 5.75 Å². The minimum Gasteiger partial charge on any atom is -0.497 e. The van der Waals surface area contributed by atoms with Crippen molar-refractivity contribution in [1.29, 1.82) is 0 Å². The van der Waals surface area contributed by atoms with E-state index in [-0.39, 0.29) is 23.0 Å². The number of aryl methyl sites for hydroxylation is 2. The quantitative estimate of drug-likeness (QED) is 0.504. The van der Waals surface area contributed by atoms with Gasteiger partial charge in [0.1, 0.15) is 5.75 Å². The second kappa shape index (κ2) is 9.69. The molecule has 176 valence electrons. The zero-order valence-corrected chi connectivity index (χ0v) is 20.8. The van der Waals surface area contributed by atoms with E-state index in [0.29, 0.717) is 25.3 Å². The van der Waals surface area contributed by atoms with Crippen LogP contribution >= 0.6 is 11.3 Å². The number of sulfone groups is 1. The summed E-state index contributed by atoms with van der Waals surface area (Å²) in [5.74, 6) is 0.574. The molecule has 1 aromatic heterocycles. The molecule has 1 aliphatic rings. The number of ether oxygens (including phenoxy) is 1. The van der Waals surface area contributed by atoms with Gasteiger partial charge >= 0.3 is 0 Å². The Bertz CT molecular complexity index is 1210. The molecule has 0 spiro atoms. The van der Waals surface area contributed by atoms with Crippen LogP contribution in [0, 0.1) is 13.8 Å². The maximum atomic E-state index is 12.7. The zero-order chi connectivity index (χ0) is 23.6. The van der Waals surface area contributed by atoms with Gasteiger partial charge in [-0.3, -0.25) is 4.79 Å². The number of hydrogen-bond acceptors (Lipinski definition) is 7. The van der Waals surface area contributed by atoms with Gasteiger partial charge in [0.2, 0.25) is 5.91 Å². The highest BCUT2D eigenvalue weighted by Crippen LogP contribution is 2.33. The Labute approximate surface area is 198 Å². The van der Waals surface area contributed by atoms with E-state index >= 15 is 0 Å². The molecule has 0 radical (unpaired) electrons. The van der Waals surface area contributed by atoms with E-state index in [1.807, 2.05) is 4.90 Å². The number of thiazole rings is 1. The summed E-state index contributed by atoms with van der Waals surface area (Å²) >= 11 is 1.71. The van der Waals surface area contributed by atoms with Gasteiger partial charge < -0.3 is 14.5 Å². The van der Waals surface area contributed by atoms with Gasteiger partial charge in [0.05, 0.1) is 28.0 Å². The number of carbonyl (C=O) groups is 1. The van der Waals surface area contributed by atoms with Crippen molar-refractivity contribution in [3.63, 3.8) is 0 Å². The first-order valence-corrected chi connectivity index (χ1v) is 13.5. The highest BCUT2D eigenvalue weighted by Gasteiger charge is 2.24. The van der Waals surface area contributed by atoms with Gasteiger partial charge in [-0.1, -0.05) is 23.5 Å². The fraction of sp³-hybridized carbons (Fsp3) is 0.417. The van der Waals surface area contributed by atoms with Crippen molar-refractivity contribution >= 4 is 42.4 Å². The molecule has 9 heteroatoms. The standard InChI is InChI=1S/C24H29N3O4S2/c1-17-6-7-18(2)23-22(17)25-24(32-23)27-14-12-26(13-15-27)21(28)5-4-16-33(29,30)20-10-8-19(31-3)9-11-20/h6-11H,4-5,12-16H2,1-3H3. The molecule has 0 bridgehead atoms. The van der Waals surface area contributed by atoms with Crippen LogP contribution in [-0.4, -0.2) is 63.3 Å².